The Morgan fingerprint density at radius 1 is 1.30 bits per heavy atom. The lowest BCUT2D eigenvalue weighted by atomic mass is 9.90. The van der Waals surface area contributed by atoms with Gasteiger partial charge in [-0.15, -0.1) is 0 Å². The van der Waals surface area contributed by atoms with Crippen molar-refractivity contribution < 1.29 is 19.4 Å². The molecule has 1 aliphatic carbocycles. The van der Waals surface area contributed by atoms with Gasteiger partial charge in [-0.2, -0.15) is 0 Å². The third-order valence-electron chi connectivity index (χ3n) is 4.96. The van der Waals surface area contributed by atoms with Gasteiger partial charge in [0.2, 0.25) is 0 Å². The fraction of sp³-hybridized carbons (Fsp3) is 0.556. The standard InChI is InChI=1S/C18H23NO4/c1-18(17(21)22)9-10-19(12-18)16(20)13-5-4-8-15(11-13)23-14-6-2-3-7-14/h4-5,8,11,14H,2-3,6-7,9-10,12H2,1H3,(H,21,22)/t18-/m0/s1. The van der Waals surface area contributed by atoms with E-state index in [1.807, 2.05) is 12.1 Å². The van der Waals surface area contributed by atoms with Crippen LogP contribution in [0.4, 0.5) is 0 Å². The minimum Gasteiger partial charge on any atom is -0.490 e. The van der Waals surface area contributed by atoms with E-state index in [0.29, 0.717) is 18.5 Å². The molecular formula is C18H23NO4. The summed E-state index contributed by atoms with van der Waals surface area (Å²) in [5, 5.41) is 9.29. The normalized spacial score (nSPS) is 24.8. The number of carbonyl (C=O) groups is 2. The minimum atomic E-state index is -0.842. The van der Waals surface area contributed by atoms with Crippen molar-refractivity contribution >= 4 is 11.9 Å². The van der Waals surface area contributed by atoms with E-state index < -0.39 is 11.4 Å². The summed E-state index contributed by atoms with van der Waals surface area (Å²) in [4.78, 5) is 25.6. The molecule has 1 heterocycles. The van der Waals surface area contributed by atoms with Crippen LogP contribution in [-0.4, -0.2) is 41.1 Å². The topological polar surface area (TPSA) is 66.8 Å². The van der Waals surface area contributed by atoms with Gasteiger partial charge in [0.15, 0.2) is 0 Å². The lowest BCUT2D eigenvalue weighted by Gasteiger charge is -2.20. The first-order valence-corrected chi connectivity index (χ1v) is 8.27. The molecular weight excluding hydrogens is 294 g/mol. The Morgan fingerprint density at radius 2 is 2.04 bits per heavy atom. The number of rotatable bonds is 4. The minimum absolute atomic E-state index is 0.119. The molecule has 1 aromatic rings. The van der Waals surface area contributed by atoms with Crippen LogP contribution in [0.25, 0.3) is 0 Å². The lowest BCUT2D eigenvalue weighted by Crippen LogP contribution is -2.34. The molecule has 5 nitrogen and oxygen atoms in total. The molecule has 5 heteroatoms. The zero-order valence-corrected chi connectivity index (χ0v) is 13.5. The number of nitrogens with zero attached hydrogens (tertiary/aromatic N) is 1. The van der Waals surface area contributed by atoms with Gasteiger partial charge in [0, 0.05) is 18.7 Å². The number of carboxylic acid groups (broad SMARTS) is 1. The predicted molar refractivity (Wildman–Crippen MR) is 85.6 cm³/mol. The second-order valence-corrected chi connectivity index (χ2v) is 6.89. The van der Waals surface area contributed by atoms with Crippen molar-refractivity contribution in [2.24, 2.45) is 5.41 Å². The van der Waals surface area contributed by atoms with E-state index in [1.165, 1.54) is 12.8 Å². The fourth-order valence-corrected chi connectivity index (χ4v) is 3.39. The average molecular weight is 317 g/mol. The fourth-order valence-electron chi connectivity index (χ4n) is 3.39. The van der Waals surface area contributed by atoms with Gasteiger partial charge >= 0.3 is 5.97 Å². The molecule has 0 aromatic heterocycles. The molecule has 2 aliphatic rings. The van der Waals surface area contributed by atoms with Gasteiger partial charge in [-0.05, 0) is 57.2 Å². The zero-order valence-electron chi connectivity index (χ0n) is 13.5. The van der Waals surface area contributed by atoms with Crippen molar-refractivity contribution in [3.05, 3.63) is 29.8 Å². The maximum absolute atomic E-state index is 12.6. The van der Waals surface area contributed by atoms with Gasteiger partial charge < -0.3 is 14.7 Å². The highest BCUT2D eigenvalue weighted by Crippen LogP contribution is 2.31. The molecule has 124 valence electrons. The highest BCUT2D eigenvalue weighted by molar-refractivity contribution is 5.95. The van der Waals surface area contributed by atoms with Gasteiger partial charge in [-0.25, -0.2) is 0 Å². The van der Waals surface area contributed by atoms with Crippen molar-refractivity contribution in [1.82, 2.24) is 4.90 Å². The molecule has 2 fully saturated rings. The Labute approximate surface area is 136 Å². The second kappa shape index (κ2) is 6.22. The highest BCUT2D eigenvalue weighted by Gasteiger charge is 2.42. The number of amides is 1. The van der Waals surface area contributed by atoms with Gasteiger partial charge in [0.05, 0.1) is 11.5 Å². The summed E-state index contributed by atoms with van der Waals surface area (Å²) in [7, 11) is 0. The molecule has 1 atom stereocenters. The summed E-state index contributed by atoms with van der Waals surface area (Å²) in [5.41, 5.74) is -0.275. The monoisotopic (exact) mass is 317 g/mol. The summed E-state index contributed by atoms with van der Waals surface area (Å²) in [5.74, 6) is -0.235. The van der Waals surface area contributed by atoms with E-state index in [4.69, 9.17) is 4.74 Å². The van der Waals surface area contributed by atoms with Crippen molar-refractivity contribution in [3.8, 4) is 5.75 Å². The number of benzene rings is 1. The largest absolute Gasteiger partial charge is 0.490 e. The maximum atomic E-state index is 12.6. The molecule has 23 heavy (non-hydrogen) atoms. The molecule has 1 amide bonds. The van der Waals surface area contributed by atoms with Crippen molar-refractivity contribution in [2.45, 2.75) is 45.1 Å². The number of ether oxygens (including phenoxy) is 1. The lowest BCUT2D eigenvalue weighted by molar-refractivity contribution is -0.147. The smallest absolute Gasteiger partial charge is 0.311 e. The van der Waals surface area contributed by atoms with E-state index in [9.17, 15) is 14.7 Å². The summed E-state index contributed by atoms with van der Waals surface area (Å²) < 4.78 is 5.94. The van der Waals surface area contributed by atoms with Crippen LogP contribution >= 0.6 is 0 Å². The first-order valence-electron chi connectivity index (χ1n) is 8.27. The van der Waals surface area contributed by atoms with E-state index in [-0.39, 0.29) is 18.6 Å². The van der Waals surface area contributed by atoms with Gasteiger partial charge in [0.1, 0.15) is 5.75 Å². The van der Waals surface area contributed by atoms with Crippen LogP contribution in [0.15, 0.2) is 24.3 Å². The maximum Gasteiger partial charge on any atom is 0.311 e. The van der Waals surface area contributed by atoms with E-state index in [0.717, 1.165) is 18.6 Å². The van der Waals surface area contributed by atoms with Crippen LogP contribution in [-0.2, 0) is 4.79 Å². The van der Waals surface area contributed by atoms with Crippen LogP contribution < -0.4 is 4.74 Å². The Balaban J connectivity index is 1.69. The van der Waals surface area contributed by atoms with Crippen molar-refractivity contribution in [2.75, 3.05) is 13.1 Å². The van der Waals surface area contributed by atoms with Gasteiger partial charge in [-0.3, -0.25) is 9.59 Å². The summed E-state index contributed by atoms with van der Waals surface area (Å²) in [6.07, 6.45) is 5.28. The molecule has 0 bridgehead atoms. The van der Waals surface area contributed by atoms with Crippen LogP contribution in [0.5, 0.6) is 5.75 Å². The third kappa shape index (κ3) is 3.33. The summed E-state index contributed by atoms with van der Waals surface area (Å²) >= 11 is 0. The van der Waals surface area contributed by atoms with Crippen LogP contribution in [0, 0.1) is 5.41 Å². The predicted octanol–water partition coefficient (Wildman–Crippen LogP) is 2.94. The number of carboxylic acids is 1. The molecule has 1 saturated carbocycles. The molecule has 1 aliphatic heterocycles. The second-order valence-electron chi connectivity index (χ2n) is 6.89. The molecule has 3 rings (SSSR count). The van der Waals surface area contributed by atoms with Crippen LogP contribution in [0.3, 0.4) is 0 Å². The molecule has 0 spiro atoms. The zero-order chi connectivity index (χ0) is 16.4. The van der Waals surface area contributed by atoms with Crippen molar-refractivity contribution in [1.29, 1.82) is 0 Å². The van der Waals surface area contributed by atoms with E-state index in [1.54, 1.807) is 24.0 Å². The Kier molecular flexibility index (Phi) is 4.28. The van der Waals surface area contributed by atoms with Gasteiger partial charge in [0.25, 0.3) is 5.91 Å². The van der Waals surface area contributed by atoms with Crippen LogP contribution in [0.2, 0.25) is 0 Å². The summed E-state index contributed by atoms with van der Waals surface area (Å²) in [6.45, 7) is 2.44. The van der Waals surface area contributed by atoms with E-state index in [2.05, 4.69) is 0 Å². The number of aliphatic carboxylic acids is 1. The molecule has 1 N–H and O–H groups in total. The number of hydrogen-bond donors (Lipinski definition) is 1. The molecule has 0 unspecified atom stereocenters. The number of hydrogen-bond acceptors (Lipinski definition) is 3. The average Bonchev–Trinajstić information content (AvgIpc) is 3.17. The SMILES string of the molecule is C[C@]1(C(=O)O)CCN(C(=O)c2cccc(OC3CCCC3)c2)C1. The first-order chi connectivity index (χ1) is 11.0. The van der Waals surface area contributed by atoms with Crippen molar-refractivity contribution in [3.63, 3.8) is 0 Å². The Hall–Kier alpha value is -2.04. The van der Waals surface area contributed by atoms with Gasteiger partial charge in [-0.1, -0.05) is 6.07 Å². The molecule has 1 aromatic carbocycles. The quantitative estimate of drug-likeness (QED) is 0.927. The van der Waals surface area contributed by atoms with Crippen LogP contribution in [0.1, 0.15) is 49.4 Å². The Morgan fingerprint density at radius 3 is 2.70 bits per heavy atom. The Bertz CT molecular complexity index is 609. The molecule has 1 saturated heterocycles. The first kappa shape index (κ1) is 15.8. The number of likely N-dealkylation sites (tertiary alicyclic amines) is 1. The van der Waals surface area contributed by atoms with E-state index >= 15 is 0 Å². The third-order valence-corrected chi connectivity index (χ3v) is 4.96. The number of carbonyl (C=O) groups excluding carboxylic acids is 1. The highest BCUT2D eigenvalue weighted by atomic mass is 16.5. The summed E-state index contributed by atoms with van der Waals surface area (Å²) in [6, 6.07) is 7.24. The molecule has 0 radical (unpaired) electrons.